The Morgan fingerprint density at radius 1 is 1.00 bits per heavy atom. The van der Waals surface area contributed by atoms with E-state index in [-0.39, 0.29) is 0 Å². The zero-order chi connectivity index (χ0) is 8.85. The first kappa shape index (κ1) is 11.0. The monoisotopic (exact) mass is 157 g/mol. The highest BCUT2D eigenvalue weighted by Gasteiger charge is 2.15. The lowest BCUT2D eigenvalue weighted by atomic mass is 10.1. The van der Waals surface area contributed by atoms with E-state index >= 15 is 0 Å². The molecule has 0 amide bonds. The Morgan fingerprint density at radius 3 is 1.55 bits per heavy atom. The van der Waals surface area contributed by atoms with Crippen LogP contribution in [-0.2, 0) is 0 Å². The fourth-order valence-corrected chi connectivity index (χ4v) is 1.80. The van der Waals surface area contributed by atoms with Crippen LogP contribution in [0.3, 0.4) is 0 Å². The normalized spacial score (nSPS) is 12.0. The molecule has 0 radical (unpaired) electrons. The third-order valence-electron chi connectivity index (χ3n) is 2.44. The zero-order valence-electron chi connectivity index (χ0n) is 8.72. The molecule has 1 nitrogen and oxygen atoms in total. The number of hydrogen-bond donors (Lipinski definition) is 0. The van der Waals surface area contributed by atoms with E-state index in [0.717, 1.165) is 6.04 Å². The van der Waals surface area contributed by atoms with Crippen molar-refractivity contribution in [2.45, 2.75) is 59.5 Å². The van der Waals surface area contributed by atoms with E-state index in [1.165, 1.54) is 19.4 Å². The van der Waals surface area contributed by atoms with Gasteiger partial charge < -0.3 is 0 Å². The summed E-state index contributed by atoms with van der Waals surface area (Å²) in [7, 11) is 0. The molecule has 0 aromatic carbocycles. The van der Waals surface area contributed by atoms with Gasteiger partial charge in [0.1, 0.15) is 0 Å². The summed E-state index contributed by atoms with van der Waals surface area (Å²) >= 11 is 0. The van der Waals surface area contributed by atoms with E-state index in [9.17, 15) is 0 Å². The van der Waals surface area contributed by atoms with Gasteiger partial charge in [0.15, 0.2) is 0 Å². The van der Waals surface area contributed by atoms with Crippen molar-refractivity contribution in [1.29, 1.82) is 0 Å². The van der Waals surface area contributed by atoms with Gasteiger partial charge in [-0.05, 0) is 33.2 Å². The van der Waals surface area contributed by atoms with E-state index in [0.29, 0.717) is 6.04 Å². The predicted octanol–water partition coefficient (Wildman–Crippen LogP) is 2.91. The van der Waals surface area contributed by atoms with Crippen LogP contribution in [-0.4, -0.2) is 23.5 Å². The predicted molar refractivity (Wildman–Crippen MR) is 51.9 cm³/mol. The van der Waals surface area contributed by atoms with Crippen LogP contribution in [0.2, 0.25) is 0 Å². The molecule has 0 aromatic rings. The Balaban J connectivity index is 3.98. The van der Waals surface area contributed by atoms with Gasteiger partial charge in [-0.2, -0.15) is 0 Å². The van der Waals surface area contributed by atoms with Crippen LogP contribution >= 0.6 is 0 Å². The van der Waals surface area contributed by atoms with E-state index < -0.39 is 0 Å². The Morgan fingerprint density at radius 2 is 1.45 bits per heavy atom. The average Bonchev–Trinajstić information content (AvgIpc) is 1.99. The highest BCUT2D eigenvalue weighted by Crippen LogP contribution is 2.11. The first-order chi connectivity index (χ1) is 5.17. The van der Waals surface area contributed by atoms with Gasteiger partial charge in [-0.3, -0.25) is 4.90 Å². The van der Waals surface area contributed by atoms with Crippen molar-refractivity contribution in [2.24, 2.45) is 0 Å². The summed E-state index contributed by atoms with van der Waals surface area (Å²) in [4.78, 5) is 2.57. The van der Waals surface area contributed by atoms with Gasteiger partial charge in [-0.1, -0.05) is 20.8 Å². The second kappa shape index (κ2) is 5.59. The van der Waals surface area contributed by atoms with Gasteiger partial charge in [0.2, 0.25) is 0 Å². The minimum absolute atomic E-state index is 0.699. The Hall–Kier alpha value is -0.0400. The first-order valence-electron chi connectivity index (χ1n) is 4.93. The molecule has 0 saturated carbocycles. The standard InChI is InChI=1S/C10H23N/c1-6-10(7-2)11(8-3)9(4)5/h9-10H,6-8H2,1-5H3. The maximum atomic E-state index is 2.57. The fraction of sp³-hybridized carbons (Fsp3) is 1.00. The van der Waals surface area contributed by atoms with Crippen LogP contribution in [0.4, 0.5) is 0 Å². The quantitative estimate of drug-likeness (QED) is 0.593. The van der Waals surface area contributed by atoms with Gasteiger partial charge in [0.05, 0.1) is 0 Å². The van der Waals surface area contributed by atoms with Crippen molar-refractivity contribution in [1.82, 2.24) is 4.90 Å². The molecule has 0 spiro atoms. The summed E-state index contributed by atoms with van der Waals surface area (Å²) in [5, 5.41) is 0. The average molecular weight is 157 g/mol. The van der Waals surface area contributed by atoms with Crippen LogP contribution in [0, 0.1) is 0 Å². The highest BCUT2D eigenvalue weighted by molar-refractivity contribution is 4.70. The van der Waals surface area contributed by atoms with Crippen LogP contribution in [0.15, 0.2) is 0 Å². The highest BCUT2D eigenvalue weighted by atomic mass is 15.2. The minimum Gasteiger partial charge on any atom is -0.298 e. The maximum Gasteiger partial charge on any atom is 0.00925 e. The van der Waals surface area contributed by atoms with E-state index in [2.05, 4.69) is 39.5 Å². The lowest BCUT2D eigenvalue weighted by Gasteiger charge is -2.32. The van der Waals surface area contributed by atoms with Crippen molar-refractivity contribution < 1.29 is 0 Å². The summed E-state index contributed by atoms with van der Waals surface area (Å²) in [6.45, 7) is 12.5. The van der Waals surface area contributed by atoms with Crippen molar-refractivity contribution in [3.63, 3.8) is 0 Å². The topological polar surface area (TPSA) is 3.24 Å². The van der Waals surface area contributed by atoms with E-state index in [4.69, 9.17) is 0 Å². The Labute approximate surface area is 71.8 Å². The summed E-state index contributed by atoms with van der Waals surface area (Å²) in [6.07, 6.45) is 2.56. The molecule has 0 aromatic heterocycles. The lowest BCUT2D eigenvalue weighted by molar-refractivity contribution is 0.153. The summed E-state index contributed by atoms with van der Waals surface area (Å²) in [5.74, 6) is 0. The Bertz CT molecular complexity index is 84.9. The molecular weight excluding hydrogens is 134 g/mol. The molecule has 0 aliphatic rings. The molecule has 1 heteroatoms. The first-order valence-corrected chi connectivity index (χ1v) is 4.93. The molecule has 0 fully saturated rings. The molecule has 11 heavy (non-hydrogen) atoms. The molecule has 0 heterocycles. The molecule has 0 atom stereocenters. The SMILES string of the molecule is CCC(CC)N(CC)C(C)C. The summed E-state index contributed by atoms with van der Waals surface area (Å²) < 4.78 is 0. The lowest BCUT2D eigenvalue weighted by Crippen LogP contribution is -2.39. The van der Waals surface area contributed by atoms with Crippen LogP contribution < -0.4 is 0 Å². The molecule has 0 bridgehead atoms. The van der Waals surface area contributed by atoms with Crippen molar-refractivity contribution in [3.05, 3.63) is 0 Å². The van der Waals surface area contributed by atoms with Crippen LogP contribution in [0.5, 0.6) is 0 Å². The smallest absolute Gasteiger partial charge is 0.00925 e. The number of nitrogens with zero attached hydrogens (tertiary/aromatic N) is 1. The molecule has 68 valence electrons. The molecule has 0 aliphatic heterocycles. The van der Waals surface area contributed by atoms with Gasteiger partial charge in [-0.15, -0.1) is 0 Å². The van der Waals surface area contributed by atoms with Crippen molar-refractivity contribution >= 4 is 0 Å². The van der Waals surface area contributed by atoms with Gasteiger partial charge in [0, 0.05) is 12.1 Å². The van der Waals surface area contributed by atoms with E-state index in [1.807, 2.05) is 0 Å². The molecule has 0 aliphatic carbocycles. The second-order valence-electron chi connectivity index (χ2n) is 3.39. The maximum absolute atomic E-state index is 2.57. The van der Waals surface area contributed by atoms with Gasteiger partial charge in [-0.25, -0.2) is 0 Å². The van der Waals surface area contributed by atoms with Crippen molar-refractivity contribution in [2.75, 3.05) is 6.54 Å². The third-order valence-corrected chi connectivity index (χ3v) is 2.44. The second-order valence-corrected chi connectivity index (χ2v) is 3.39. The Kier molecular flexibility index (Phi) is 5.57. The molecule has 0 N–H and O–H groups in total. The zero-order valence-corrected chi connectivity index (χ0v) is 8.72. The van der Waals surface area contributed by atoms with Crippen LogP contribution in [0.1, 0.15) is 47.5 Å². The van der Waals surface area contributed by atoms with Crippen LogP contribution in [0.25, 0.3) is 0 Å². The molecular formula is C10H23N. The largest absolute Gasteiger partial charge is 0.298 e. The molecule has 0 rings (SSSR count). The van der Waals surface area contributed by atoms with Gasteiger partial charge >= 0.3 is 0 Å². The fourth-order valence-electron chi connectivity index (χ4n) is 1.80. The minimum atomic E-state index is 0.699. The van der Waals surface area contributed by atoms with Crippen molar-refractivity contribution in [3.8, 4) is 0 Å². The van der Waals surface area contributed by atoms with E-state index in [1.54, 1.807) is 0 Å². The summed E-state index contributed by atoms with van der Waals surface area (Å²) in [6, 6.07) is 1.49. The third kappa shape index (κ3) is 3.24. The summed E-state index contributed by atoms with van der Waals surface area (Å²) in [5.41, 5.74) is 0. The molecule has 0 unspecified atom stereocenters. The number of rotatable bonds is 5. The molecule has 0 saturated heterocycles. The van der Waals surface area contributed by atoms with Gasteiger partial charge in [0.25, 0.3) is 0 Å². The number of hydrogen-bond acceptors (Lipinski definition) is 1.